The number of carbonyl (C=O) groups excluding carboxylic acids is 3. The summed E-state index contributed by atoms with van der Waals surface area (Å²) in [4.78, 5) is 47.5. The highest BCUT2D eigenvalue weighted by atomic mass is 31.2. The number of ether oxygens (including phenoxy) is 2. The molecule has 0 amide bonds. The van der Waals surface area contributed by atoms with Gasteiger partial charge in [-0.1, -0.05) is 126 Å². The van der Waals surface area contributed by atoms with Crippen LogP contribution in [0.1, 0.15) is 149 Å². The molecule has 1 saturated carbocycles. The SMILES string of the molecule is CCCCCCCC/C=C\C/C=C\C/C=C\CCCC(=O)O[C@H](COC(=O)CCC/C=C\C[C@H]1[C@@H](O)CC(=O)[C@@H]1/C=C/[C@@H](O)CCCCC)COP(=O)(O)OCCN. The predicted octanol–water partition coefficient (Wildman–Crippen LogP) is 9.08. The van der Waals surface area contributed by atoms with Gasteiger partial charge in [-0.25, -0.2) is 4.57 Å². The number of phosphoric acid groups is 1. The largest absolute Gasteiger partial charge is 0.472 e. The van der Waals surface area contributed by atoms with Crippen molar-refractivity contribution in [2.75, 3.05) is 26.4 Å². The summed E-state index contributed by atoms with van der Waals surface area (Å²) in [5, 5.41) is 20.7. The van der Waals surface area contributed by atoms with E-state index in [2.05, 4.69) is 38.2 Å². The molecule has 0 aromatic rings. The maximum absolute atomic E-state index is 12.6. The molecule has 13 heteroatoms. The van der Waals surface area contributed by atoms with Crippen molar-refractivity contribution in [2.24, 2.45) is 17.6 Å². The van der Waals surface area contributed by atoms with Gasteiger partial charge in [0.2, 0.25) is 0 Å². The number of Topliss-reactive ketones (excluding diaryl/α,β-unsaturated/α-hetero) is 1. The first-order valence-corrected chi connectivity index (χ1v) is 23.4. The zero-order valence-corrected chi connectivity index (χ0v) is 36.4. The maximum Gasteiger partial charge on any atom is 0.472 e. The molecule has 12 nitrogen and oxygen atoms in total. The van der Waals surface area contributed by atoms with Crippen molar-refractivity contribution in [3.8, 4) is 0 Å². The Kier molecular flexibility index (Phi) is 32.3. The fourth-order valence-electron chi connectivity index (χ4n) is 6.39. The van der Waals surface area contributed by atoms with Gasteiger partial charge in [-0.2, -0.15) is 0 Å². The third kappa shape index (κ3) is 28.7. The van der Waals surface area contributed by atoms with E-state index in [0.717, 1.165) is 38.5 Å². The number of esters is 2. The summed E-state index contributed by atoms with van der Waals surface area (Å²) in [6.45, 7) is 3.24. The second-order valence-electron chi connectivity index (χ2n) is 15.0. The molecule has 332 valence electrons. The van der Waals surface area contributed by atoms with Crippen molar-refractivity contribution in [1.29, 1.82) is 0 Å². The van der Waals surface area contributed by atoms with Crippen LogP contribution in [0.5, 0.6) is 0 Å². The van der Waals surface area contributed by atoms with Gasteiger partial charge in [0.25, 0.3) is 0 Å². The summed E-state index contributed by atoms with van der Waals surface area (Å²) in [7, 11) is -4.46. The Bertz CT molecular complexity index is 1300. The third-order valence-corrected chi connectivity index (χ3v) is 10.7. The topological polar surface area (TPSA) is 192 Å². The van der Waals surface area contributed by atoms with Crippen LogP contribution in [-0.2, 0) is 37.5 Å². The molecule has 1 fully saturated rings. The fourth-order valence-corrected chi connectivity index (χ4v) is 7.16. The molecule has 0 radical (unpaired) electrons. The van der Waals surface area contributed by atoms with E-state index in [9.17, 15) is 34.1 Å². The number of carbonyl (C=O) groups is 3. The molecule has 5 N–H and O–H groups in total. The number of rotatable bonds is 36. The lowest BCUT2D eigenvalue weighted by molar-refractivity contribution is -0.161. The van der Waals surface area contributed by atoms with Gasteiger partial charge < -0.3 is 30.3 Å². The van der Waals surface area contributed by atoms with Gasteiger partial charge in [0.15, 0.2) is 6.10 Å². The molecule has 0 spiro atoms. The minimum absolute atomic E-state index is 0.00486. The molecule has 0 saturated heterocycles. The number of aliphatic hydroxyl groups excluding tert-OH is 2. The molecule has 0 aliphatic heterocycles. The second kappa shape index (κ2) is 35.1. The van der Waals surface area contributed by atoms with Crippen LogP contribution in [0.4, 0.5) is 0 Å². The Morgan fingerprint density at radius 2 is 1.38 bits per heavy atom. The van der Waals surface area contributed by atoms with Crippen molar-refractivity contribution in [3.63, 3.8) is 0 Å². The normalized spacial score (nSPS) is 19.6. The van der Waals surface area contributed by atoms with Crippen LogP contribution in [0.15, 0.2) is 60.8 Å². The van der Waals surface area contributed by atoms with Crippen LogP contribution in [0.25, 0.3) is 0 Å². The van der Waals surface area contributed by atoms with Crippen molar-refractivity contribution in [3.05, 3.63) is 60.8 Å². The van der Waals surface area contributed by atoms with E-state index >= 15 is 0 Å². The van der Waals surface area contributed by atoms with Crippen LogP contribution in [0.2, 0.25) is 0 Å². The van der Waals surface area contributed by atoms with Crippen molar-refractivity contribution < 1.29 is 52.6 Å². The summed E-state index contributed by atoms with van der Waals surface area (Å²) >= 11 is 0. The number of allylic oxidation sites excluding steroid dienone is 9. The van der Waals surface area contributed by atoms with E-state index in [-0.39, 0.29) is 50.7 Å². The van der Waals surface area contributed by atoms with Gasteiger partial charge in [-0.15, -0.1) is 0 Å². The molecule has 1 unspecified atom stereocenters. The third-order valence-electron chi connectivity index (χ3n) is 9.75. The lowest BCUT2D eigenvalue weighted by Crippen LogP contribution is -2.29. The Labute approximate surface area is 349 Å². The molecule has 0 heterocycles. The fraction of sp³-hybridized carbons (Fsp3) is 0.711. The van der Waals surface area contributed by atoms with Crippen LogP contribution in [0, 0.1) is 11.8 Å². The monoisotopic (exact) mass is 838 g/mol. The van der Waals surface area contributed by atoms with E-state index in [1.807, 2.05) is 24.3 Å². The first-order chi connectivity index (χ1) is 28.0. The molecule has 1 aliphatic rings. The lowest BCUT2D eigenvalue weighted by Gasteiger charge is -2.19. The minimum Gasteiger partial charge on any atom is -0.462 e. The highest BCUT2D eigenvalue weighted by molar-refractivity contribution is 7.47. The Balaban J connectivity index is 2.45. The molecule has 0 aromatic carbocycles. The van der Waals surface area contributed by atoms with Crippen LogP contribution in [0.3, 0.4) is 0 Å². The summed E-state index contributed by atoms with van der Waals surface area (Å²) in [6, 6.07) is 0. The van der Waals surface area contributed by atoms with Crippen molar-refractivity contribution in [1.82, 2.24) is 0 Å². The van der Waals surface area contributed by atoms with E-state index < -0.39 is 50.6 Å². The Morgan fingerprint density at radius 1 is 0.793 bits per heavy atom. The smallest absolute Gasteiger partial charge is 0.462 e. The maximum atomic E-state index is 12.6. The number of nitrogens with two attached hydrogens (primary N) is 1. The van der Waals surface area contributed by atoms with Gasteiger partial charge >= 0.3 is 19.8 Å². The van der Waals surface area contributed by atoms with Crippen molar-refractivity contribution >= 4 is 25.5 Å². The zero-order valence-electron chi connectivity index (χ0n) is 35.5. The van der Waals surface area contributed by atoms with Crippen LogP contribution >= 0.6 is 7.82 Å². The zero-order chi connectivity index (χ0) is 42.7. The van der Waals surface area contributed by atoms with Gasteiger partial charge in [-0.3, -0.25) is 23.4 Å². The van der Waals surface area contributed by atoms with Gasteiger partial charge in [0, 0.05) is 37.6 Å². The number of aliphatic hydroxyl groups is 2. The lowest BCUT2D eigenvalue weighted by atomic mass is 9.90. The second-order valence-corrected chi connectivity index (χ2v) is 16.4. The van der Waals surface area contributed by atoms with Gasteiger partial charge in [-0.05, 0) is 64.2 Å². The van der Waals surface area contributed by atoms with E-state index in [4.69, 9.17) is 24.3 Å². The number of hydrogen-bond donors (Lipinski definition) is 4. The average molecular weight is 838 g/mol. The molecule has 58 heavy (non-hydrogen) atoms. The molecule has 6 atom stereocenters. The number of ketones is 1. The first-order valence-electron chi connectivity index (χ1n) is 21.9. The van der Waals surface area contributed by atoms with Gasteiger partial charge in [0.05, 0.1) is 25.4 Å². The Morgan fingerprint density at radius 3 is 2.05 bits per heavy atom. The van der Waals surface area contributed by atoms with Crippen LogP contribution in [-0.4, -0.2) is 77.5 Å². The highest BCUT2D eigenvalue weighted by Gasteiger charge is 2.39. The van der Waals surface area contributed by atoms with Gasteiger partial charge in [0.1, 0.15) is 12.4 Å². The molecule has 1 rings (SSSR count). The summed E-state index contributed by atoms with van der Waals surface area (Å²) < 4.78 is 32.6. The average Bonchev–Trinajstić information content (AvgIpc) is 3.47. The summed E-state index contributed by atoms with van der Waals surface area (Å²) in [6.07, 6.45) is 34.9. The molecular weight excluding hydrogens is 761 g/mol. The number of phosphoric ester groups is 1. The Hall–Kier alpha value is -2.70. The first kappa shape index (κ1) is 53.3. The number of hydrogen-bond acceptors (Lipinski definition) is 11. The molecule has 0 aromatic heterocycles. The van der Waals surface area contributed by atoms with E-state index in [0.29, 0.717) is 38.5 Å². The standard InChI is InChI=1S/C45H76NO11P/c1-3-5-7-8-9-10-11-12-13-14-15-16-17-18-19-20-26-30-45(51)57-39(37-56-58(52,53)55-34-33-46)36-54-44(50)29-25-22-21-24-28-40-41(43(49)35-42(40)48)32-31-38(47)27-23-6-4-2/h12-13,15-16,18-19,21,24,31-32,38-42,47-48H,3-11,14,17,20,22-23,25-30,33-37,46H2,1-2H3,(H,52,53)/b13-12-,16-15-,19-18-,24-21-,32-31+/t38-,39+,40+,41+,42-/m0/s1. The minimum atomic E-state index is -4.46. The molecule has 1 aliphatic carbocycles. The summed E-state index contributed by atoms with van der Waals surface area (Å²) in [5.41, 5.74) is 5.33. The van der Waals surface area contributed by atoms with Crippen molar-refractivity contribution in [2.45, 2.75) is 167 Å². The molecular formula is C45H76NO11P. The van der Waals surface area contributed by atoms with E-state index in [1.165, 1.54) is 38.5 Å². The number of unbranched alkanes of at least 4 members (excludes halogenated alkanes) is 10. The van der Waals surface area contributed by atoms with E-state index in [1.54, 1.807) is 12.2 Å². The predicted molar refractivity (Wildman–Crippen MR) is 230 cm³/mol. The van der Waals surface area contributed by atoms with Crippen LogP contribution < -0.4 is 5.73 Å². The quantitative estimate of drug-likeness (QED) is 0.0203. The highest BCUT2D eigenvalue weighted by Crippen LogP contribution is 2.43. The molecule has 0 bridgehead atoms. The summed E-state index contributed by atoms with van der Waals surface area (Å²) in [5.74, 6) is -1.84.